The lowest BCUT2D eigenvalue weighted by Crippen LogP contribution is -2.03. The predicted molar refractivity (Wildman–Crippen MR) is 136 cm³/mol. The second-order valence-electron chi connectivity index (χ2n) is 8.80. The topological polar surface area (TPSA) is 92.1 Å². The van der Waals surface area contributed by atoms with Gasteiger partial charge < -0.3 is 0 Å². The summed E-state index contributed by atoms with van der Waals surface area (Å²) in [5.74, 6) is 1.35. The molecule has 0 aliphatic heterocycles. The zero-order valence-electron chi connectivity index (χ0n) is 22.1. The average molecular weight is 468 g/mol. The molecular formula is C25H41N9. The number of rotatable bonds is 4. The summed E-state index contributed by atoms with van der Waals surface area (Å²) in [5.41, 5.74) is 1.23. The largest absolute Gasteiger partial charge is 0.270 e. The van der Waals surface area contributed by atoms with Crippen molar-refractivity contribution in [2.24, 2.45) is 0 Å². The third-order valence-corrected chi connectivity index (χ3v) is 4.41. The number of aromatic nitrogens is 9. The second kappa shape index (κ2) is 15.5. The predicted octanol–water partition coefficient (Wildman–Crippen LogP) is 5.70. The van der Waals surface area contributed by atoms with Crippen molar-refractivity contribution in [2.45, 2.75) is 86.4 Å². The second-order valence-corrected chi connectivity index (χ2v) is 8.80. The zero-order chi connectivity index (χ0) is 25.5. The Morgan fingerprint density at radius 3 is 1.50 bits per heavy atom. The van der Waals surface area contributed by atoms with Crippen LogP contribution < -0.4 is 0 Å². The molecule has 0 fully saturated rings. The van der Waals surface area contributed by atoms with Crippen molar-refractivity contribution in [3.8, 4) is 0 Å². The van der Waals surface area contributed by atoms with Crippen LogP contribution in [0.5, 0.6) is 0 Å². The molecule has 0 aliphatic rings. The maximum Gasteiger partial charge on any atom is 0.130 e. The Morgan fingerprint density at radius 1 is 0.618 bits per heavy atom. The third kappa shape index (κ3) is 11.0. The molecule has 34 heavy (non-hydrogen) atoms. The van der Waals surface area contributed by atoms with Gasteiger partial charge in [-0.1, -0.05) is 13.8 Å². The van der Waals surface area contributed by atoms with Gasteiger partial charge in [-0.15, -0.1) is 0 Å². The fourth-order valence-electron chi connectivity index (χ4n) is 2.61. The first-order valence-electron chi connectivity index (χ1n) is 11.7. The van der Waals surface area contributed by atoms with Gasteiger partial charge in [-0.2, -0.15) is 25.2 Å². The number of hydrogen-bond acceptors (Lipinski definition) is 6. The van der Waals surface area contributed by atoms with Crippen LogP contribution in [-0.2, 0) is 0 Å². The molecule has 0 N–H and O–H groups in total. The molecule has 4 heterocycles. The van der Waals surface area contributed by atoms with E-state index in [2.05, 4.69) is 78.8 Å². The van der Waals surface area contributed by atoms with E-state index < -0.39 is 0 Å². The van der Waals surface area contributed by atoms with Crippen LogP contribution >= 0.6 is 0 Å². The SMILES string of the molecule is CC(C)c1ncccn1.CC(C)n1cccn1.CC(C)n1nccn1.Cc1ccnn1C(C)C. The Kier molecular flexibility index (Phi) is 13.0. The highest BCUT2D eigenvalue weighted by molar-refractivity contribution is 4.97. The maximum atomic E-state index is 4.13. The van der Waals surface area contributed by atoms with Gasteiger partial charge in [0, 0.05) is 54.7 Å². The summed E-state index contributed by atoms with van der Waals surface area (Å²) in [6.45, 7) is 18.8. The van der Waals surface area contributed by atoms with Crippen LogP contribution in [-0.4, -0.2) is 44.5 Å². The highest BCUT2D eigenvalue weighted by atomic mass is 15.5. The van der Waals surface area contributed by atoms with Gasteiger partial charge in [-0.05, 0) is 66.7 Å². The van der Waals surface area contributed by atoms with Gasteiger partial charge in [0.15, 0.2) is 0 Å². The van der Waals surface area contributed by atoms with E-state index in [0.29, 0.717) is 24.0 Å². The first kappa shape index (κ1) is 28.7. The lowest BCUT2D eigenvalue weighted by Gasteiger charge is -2.06. The van der Waals surface area contributed by atoms with Crippen LogP contribution in [0.3, 0.4) is 0 Å². The van der Waals surface area contributed by atoms with E-state index in [4.69, 9.17) is 0 Å². The first-order valence-corrected chi connectivity index (χ1v) is 11.7. The summed E-state index contributed by atoms with van der Waals surface area (Å²) in [5, 5.41) is 16.0. The quantitative estimate of drug-likeness (QED) is 0.382. The lowest BCUT2D eigenvalue weighted by molar-refractivity contribution is 0.466. The highest BCUT2D eigenvalue weighted by Gasteiger charge is 1.99. The number of aryl methyl sites for hydroxylation is 1. The standard InChI is InChI=1S/C7H12N2.C7H10N2.C6H10N2.C5H9N3/c1-6(2)9-7(3)4-5-8-9;1-6(2)7-8-4-3-5-9-7;1-6(2)8-5-3-4-7-8;1-5(2)8-6-3-4-7-8/h4-6H,1-3H3;3-6H,1-2H3;3-6H,1-2H3;3-5H,1-2H3. The van der Waals surface area contributed by atoms with E-state index in [1.807, 2.05) is 53.8 Å². The van der Waals surface area contributed by atoms with Gasteiger partial charge in [0.05, 0.1) is 18.4 Å². The Hall–Kier alpha value is -3.36. The molecule has 0 bridgehead atoms. The lowest BCUT2D eigenvalue weighted by atomic mass is 10.2. The molecule has 9 heteroatoms. The molecule has 0 saturated carbocycles. The Balaban J connectivity index is 0.000000227. The molecule has 0 aromatic carbocycles. The summed E-state index contributed by atoms with van der Waals surface area (Å²) < 4.78 is 3.92. The van der Waals surface area contributed by atoms with E-state index in [-0.39, 0.29) is 0 Å². The molecule has 186 valence electrons. The van der Waals surface area contributed by atoms with E-state index in [1.165, 1.54) is 5.69 Å². The number of nitrogens with zero attached hydrogens (tertiary/aromatic N) is 9. The van der Waals surface area contributed by atoms with Crippen LogP contribution in [0.15, 0.2) is 61.6 Å². The molecule has 4 aromatic heterocycles. The minimum absolute atomic E-state index is 0.380. The monoisotopic (exact) mass is 467 g/mol. The van der Waals surface area contributed by atoms with Crippen molar-refractivity contribution in [1.29, 1.82) is 0 Å². The van der Waals surface area contributed by atoms with Crippen molar-refractivity contribution >= 4 is 0 Å². The average Bonchev–Trinajstić information content (AvgIpc) is 3.57. The fraction of sp³-hybridized carbons (Fsp3) is 0.520. The van der Waals surface area contributed by atoms with E-state index in [0.717, 1.165) is 5.82 Å². The van der Waals surface area contributed by atoms with Crippen LogP contribution in [0.25, 0.3) is 0 Å². The summed E-state index contributed by atoms with van der Waals surface area (Å²) in [6.07, 6.45) is 12.5. The Bertz CT molecular complexity index is 933. The fourth-order valence-corrected chi connectivity index (χ4v) is 2.61. The van der Waals surface area contributed by atoms with E-state index in [9.17, 15) is 0 Å². The Morgan fingerprint density at radius 2 is 1.24 bits per heavy atom. The minimum Gasteiger partial charge on any atom is -0.270 e. The van der Waals surface area contributed by atoms with Crippen LogP contribution in [0, 0.1) is 6.92 Å². The van der Waals surface area contributed by atoms with Crippen molar-refractivity contribution in [3.05, 3.63) is 73.1 Å². The summed E-state index contributed by atoms with van der Waals surface area (Å²) >= 11 is 0. The normalized spacial score (nSPS) is 10.4. The molecule has 0 aliphatic carbocycles. The molecule has 4 rings (SSSR count). The summed E-state index contributed by atoms with van der Waals surface area (Å²) in [6, 6.07) is 7.13. The minimum atomic E-state index is 0.380. The van der Waals surface area contributed by atoms with Gasteiger partial charge in [0.25, 0.3) is 0 Å². The van der Waals surface area contributed by atoms with Crippen molar-refractivity contribution in [3.63, 3.8) is 0 Å². The van der Waals surface area contributed by atoms with E-state index >= 15 is 0 Å². The van der Waals surface area contributed by atoms with Crippen molar-refractivity contribution in [1.82, 2.24) is 44.5 Å². The summed E-state index contributed by atoms with van der Waals surface area (Å²) in [4.78, 5) is 9.80. The molecule has 0 radical (unpaired) electrons. The van der Waals surface area contributed by atoms with Gasteiger partial charge in [0.2, 0.25) is 0 Å². The Labute approximate surface area is 204 Å². The van der Waals surface area contributed by atoms with Crippen molar-refractivity contribution in [2.75, 3.05) is 0 Å². The summed E-state index contributed by atoms with van der Waals surface area (Å²) in [7, 11) is 0. The van der Waals surface area contributed by atoms with Crippen molar-refractivity contribution < 1.29 is 0 Å². The van der Waals surface area contributed by atoms with Crippen LogP contribution in [0.2, 0.25) is 0 Å². The number of hydrogen-bond donors (Lipinski definition) is 0. The highest BCUT2D eigenvalue weighted by Crippen LogP contribution is 2.05. The molecule has 0 unspecified atom stereocenters. The third-order valence-electron chi connectivity index (χ3n) is 4.41. The van der Waals surface area contributed by atoms with E-state index in [1.54, 1.807) is 35.8 Å². The van der Waals surface area contributed by atoms with Gasteiger partial charge in [-0.25, -0.2) is 9.97 Å². The van der Waals surface area contributed by atoms with Crippen LogP contribution in [0.4, 0.5) is 0 Å². The van der Waals surface area contributed by atoms with Crippen LogP contribution in [0.1, 0.15) is 91.0 Å². The molecular weight excluding hydrogens is 426 g/mol. The first-order chi connectivity index (χ1) is 16.1. The zero-order valence-corrected chi connectivity index (χ0v) is 22.1. The molecule has 9 nitrogen and oxygen atoms in total. The molecule has 4 aromatic rings. The maximum absolute atomic E-state index is 4.13. The smallest absolute Gasteiger partial charge is 0.130 e. The molecule has 0 saturated heterocycles. The van der Waals surface area contributed by atoms with Gasteiger partial charge in [-0.3, -0.25) is 9.36 Å². The molecule has 0 amide bonds. The van der Waals surface area contributed by atoms with Gasteiger partial charge >= 0.3 is 0 Å². The molecule has 0 atom stereocenters. The molecule has 0 spiro atoms. The van der Waals surface area contributed by atoms with Gasteiger partial charge in [0.1, 0.15) is 5.82 Å².